The van der Waals surface area contributed by atoms with Gasteiger partial charge in [0, 0.05) is 11.0 Å². The van der Waals surface area contributed by atoms with Crippen LogP contribution in [0.3, 0.4) is 0 Å². The molecule has 4 unspecified atom stereocenters. The van der Waals surface area contributed by atoms with Crippen LogP contribution < -0.4 is 5.30 Å². The van der Waals surface area contributed by atoms with Gasteiger partial charge in [0.2, 0.25) is 0 Å². The van der Waals surface area contributed by atoms with E-state index < -0.39 is 7.14 Å². The number of benzene rings is 1. The molecule has 0 bridgehead atoms. The molecule has 0 N–H and O–H groups in total. The first-order chi connectivity index (χ1) is 8.93. The first kappa shape index (κ1) is 14.9. The third-order valence-electron chi connectivity index (χ3n) is 4.89. The summed E-state index contributed by atoms with van der Waals surface area (Å²) in [5.74, 6) is 1.97. The zero-order valence-electron chi connectivity index (χ0n) is 12.7. The molecule has 0 spiro atoms. The molecule has 0 saturated heterocycles. The van der Waals surface area contributed by atoms with E-state index in [1.165, 1.54) is 12.8 Å². The Morgan fingerprint density at radius 2 is 1.79 bits per heavy atom. The van der Waals surface area contributed by atoms with Crippen LogP contribution in [0.4, 0.5) is 0 Å². The lowest BCUT2D eigenvalue weighted by Crippen LogP contribution is -2.34. The lowest BCUT2D eigenvalue weighted by atomic mass is 9.77. The Balaban J connectivity index is 2.33. The number of hydrogen-bond acceptors (Lipinski definition) is 1. The van der Waals surface area contributed by atoms with Crippen molar-refractivity contribution >= 4 is 12.4 Å². The van der Waals surface area contributed by atoms with Gasteiger partial charge in [0.05, 0.1) is 0 Å². The van der Waals surface area contributed by atoms with Crippen LogP contribution >= 0.6 is 7.14 Å². The average Bonchev–Trinajstić information content (AvgIpc) is 2.39. The predicted molar refractivity (Wildman–Crippen MR) is 84.7 cm³/mol. The minimum absolute atomic E-state index is 0.374. The summed E-state index contributed by atoms with van der Waals surface area (Å²) in [7, 11) is -2.27. The minimum Gasteiger partial charge on any atom is -0.319 e. The average molecular weight is 278 g/mol. The summed E-state index contributed by atoms with van der Waals surface area (Å²) < 4.78 is 13.4. The Morgan fingerprint density at radius 3 is 2.37 bits per heavy atom. The van der Waals surface area contributed by atoms with Gasteiger partial charge >= 0.3 is 0 Å². The van der Waals surface area contributed by atoms with Crippen molar-refractivity contribution in [3.63, 3.8) is 0 Å². The van der Waals surface area contributed by atoms with Crippen molar-refractivity contribution in [1.82, 2.24) is 0 Å². The highest BCUT2D eigenvalue weighted by molar-refractivity contribution is 7.71. The summed E-state index contributed by atoms with van der Waals surface area (Å²) in [5.41, 5.74) is 0.374. The maximum atomic E-state index is 13.4. The molecule has 19 heavy (non-hydrogen) atoms. The van der Waals surface area contributed by atoms with E-state index in [9.17, 15) is 4.57 Å². The molecule has 1 aromatic carbocycles. The molecule has 1 aliphatic carbocycles. The molecule has 2 rings (SSSR count). The first-order valence-electron chi connectivity index (χ1n) is 7.55. The third-order valence-corrected chi connectivity index (χ3v) is 8.07. The normalized spacial score (nSPS) is 31.1. The Bertz CT molecular complexity index is 452. The monoisotopic (exact) mass is 278 g/mol. The molecular weight excluding hydrogens is 251 g/mol. The van der Waals surface area contributed by atoms with Crippen molar-refractivity contribution in [2.75, 3.05) is 6.66 Å². The largest absolute Gasteiger partial charge is 0.319 e. The van der Waals surface area contributed by atoms with E-state index in [0.717, 1.165) is 17.6 Å². The van der Waals surface area contributed by atoms with Gasteiger partial charge < -0.3 is 4.57 Å². The van der Waals surface area contributed by atoms with E-state index in [1.54, 1.807) is 0 Å². The number of rotatable bonds is 3. The summed E-state index contributed by atoms with van der Waals surface area (Å²) in [6.07, 6.45) is 3.67. The molecule has 2 heteroatoms. The van der Waals surface area contributed by atoms with Gasteiger partial charge in [-0.05, 0) is 37.3 Å². The predicted octanol–water partition coefficient (Wildman–Crippen LogP) is 4.77. The van der Waals surface area contributed by atoms with Crippen molar-refractivity contribution in [2.45, 2.75) is 45.7 Å². The van der Waals surface area contributed by atoms with Crippen LogP contribution in [0.2, 0.25) is 0 Å². The molecule has 1 aromatic rings. The smallest absolute Gasteiger partial charge is 0.115 e. The van der Waals surface area contributed by atoms with E-state index in [1.807, 2.05) is 24.9 Å². The SMILES string of the molecule is CC1CCC(C(C)C)C(P(C)(=O)c2ccccc2)C1. The van der Waals surface area contributed by atoms with Crippen LogP contribution in [0.1, 0.15) is 40.0 Å². The second kappa shape index (κ2) is 5.83. The van der Waals surface area contributed by atoms with Gasteiger partial charge in [-0.3, -0.25) is 0 Å². The van der Waals surface area contributed by atoms with Gasteiger partial charge in [-0.2, -0.15) is 0 Å². The minimum atomic E-state index is -2.27. The van der Waals surface area contributed by atoms with E-state index >= 15 is 0 Å². The summed E-state index contributed by atoms with van der Waals surface area (Å²) in [6.45, 7) is 8.91. The van der Waals surface area contributed by atoms with Crippen LogP contribution in [-0.4, -0.2) is 12.3 Å². The molecule has 0 heterocycles. The Labute approximate surface area is 118 Å². The van der Waals surface area contributed by atoms with Gasteiger partial charge in [0.1, 0.15) is 7.14 Å². The summed E-state index contributed by atoms with van der Waals surface area (Å²) in [4.78, 5) is 0. The molecule has 1 aliphatic rings. The van der Waals surface area contributed by atoms with E-state index in [-0.39, 0.29) is 0 Å². The fourth-order valence-corrected chi connectivity index (χ4v) is 6.77. The molecule has 1 fully saturated rings. The zero-order chi connectivity index (χ0) is 14.0. The van der Waals surface area contributed by atoms with E-state index in [4.69, 9.17) is 0 Å². The van der Waals surface area contributed by atoms with Crippen molar-refractivity contribution in [3.8, 4) is 0 Å². The molecule has 0 radical (unpaired) electrons. The molecule has 1 saturated carbocycles. The highest BCUT2D eigenvalue weighted by atomic mass is 31.2. The van der Waals surface area contributed by atoms with Gasteiger partial charge in [0.25, 0.3) is 0 Å². The summed E-state index contributed by atoms with van der Waals surface area (Å²) in [5, 5.41) is 1.07. The van der Waals surface area contributed by atoms with Crippen molar-refractivity contribution in [1.29, 1.82) is 0 Å². The Kier molecular flexibility index (Phi) is 4.56. The maximum absolute atomic E-state index is 13.4. The molecule has 0 aromatic heterocycles. The van der Waals surface area contributed by atoms with Gasteiger partial charge in [0.15, 0.2) is 0 Å². The van der Waals surface area contributed by atoms with Crippen LogP contribution in [-0.2, 0) is 4.57 Å². The number of hydrogen-bond donors (Lipinski definition) is 0. The van der Waals surface area contributed by atoms with E-state index in [2.05, 4.69) is 32.9 Å². The molecule has 0 aliphatic heterocycles. The van der Waals surface area contributed by atoms with Crippen LogP contribution in [0, 0.1) is 17.8 Å². The molecular formula is C17H27OP. The lowest BCUT2D eigenvalue weighted by Gasteiger charge is -2.40. The van der Waals surface area contributed by atoms with Gasteiger partial charge in [-0.15, -0.1) is 0 Å². The van der Waals surface area contributed by atoms with Gasteiger partial charge in [-0.25, -0.2) is 0 Å². The topological polar surface area (TPSA) is 17.1 Å². The second-order valence-corrected chi connectivity index (χ2v) is 9.88. The molecule has 1 nitrogen and oxygen atoms in total. The first-order valence-corrected chi connectivity index (χ1v) is 9.78. The molecule has 0 amide bonds. The van der Waals surface area contributed by atoms with Gasteiger partial charge in [-0.1, -0.05) is 57.5 Å². The summed E-state index contributed by atoms with van der Waals surface area (Å²) in [6, 6.07) is 10.1. The molecule has 4 atom stereocenters. The van der Waals surface area contributed by atoms with Crippen LogP contribution in [0.25, 0.3) is 0 Å². The lowest BCUT2D eigenvalue weighted by molar-refractivity contribution is 0.237. The van der Waals surface area contributed by atoms with Crippen molar-refractivity contribution in [2.24, 2.45) is 17.8 Å². The van der Waals surface area contributed by atoms with Crippen molar-refractivity contribution in [3.05, 3.63) is 30.3 Å². The van der Waals surface area contributed by atoms with Crippen LogP contribution in [0.15, 0.2) is 30.3 Å². The highest BCUT2D eigenvalue weighted by Gasteiger charge is 2.40. The summed E-state index contributed by atoms with van der Waals surface area (Å²) >= 11 is 0. The Hall–Kier alpha value is -0.550. The maximum Gasteiger partial charge on any atom is 0.115 e. The molecule has 106 valence electrons. The fourth-order valence-electron chi connectivity index (χ4n) is 3.63. The quantitative estimate of drug-likeness (QED) is 0.728. The fraction of sp³-hybridized carbons (Fsp3) is 0.647. The van der Waals surface area contributed by atoms with E-state index in [0.29, 0.717) is 17.5 Å². The zero-order valence-corrected chi connectivity index (χ0v) is 13.6. The Morgan fingerprint density at radius 1 is 1.16 bits per heavy atom. The van der Waals surface area contributed by atoms with Crippen LogP contribution in [0.5, 0.6) is 0 Å². The third kappa shape index (κ3) is 3.14. The highest BCUT2D eigenvalue weighted by Crippen LogP contribution is 2.56. The van der Waals surface area contributed by atoms with Crippen molar-refractivity contribution < 1.29 is 4.57 Å². The standard InChI is InChI=1S/C17H27OP/c1-13(2)16-11-10-14(3)12-17(16)19(4,18)15-8-6-5-7-9-15/h5-9,13-14,16-17H,10-12H2,1-4H3. The second-order valence-electron chi connectivity index (χ2n) is 6.72.